The Morgan fingerprint density at radius 1 is 1.13 bits per heavy atom. The number of hydrogen-bond donors (Lipinski definition) is 1. The van der Waals surface area contributed by atoms with Crippen LogP contribution in [0, 0.1) is 29.0 Å². The smallest absolute Gasteiger partial charge is 0.261 e. The third kappa shape index (κ3) is 5.41. The Morgan fingerprint density at radius 2 is 1.98 bits per heavy atom. The molecule has 0 unspecified atom stereocenters. The molecule has 9 heteroatoms. The van der Waals surface area contributed by atoms with E-state index in [0.29, 0.717) is 52.6 Å². The van der Waals surface area contributed by atoms with Crippen molar-refractivity contribution in [1.82, 2.24) is 19.4 Å². The van der Waals surface area contributed by atoms with Crippen molar-refractivity contribution in [2.75, 3.05) is 38.6 Å². The lowest BCUT2D eigenvalue weighted by atomic mass is 9.45. The molecular weight excluding hydrogens is 567 g/mol. The van der Waals surface area contributed by atoms with E-state index >= 15 is 0 Å². The van der Waals surface area contributed by atoms with Crippen molar-refractivity contribution >= 4 is 22.5 Å². The third-order valence-corrected chi connectivity index (χ3v) is 11.9. The van der Waals surface area contributed by atoms with Gasteiger partial charge in [0.05, 0.1) is 30.4 Å². The molecule has 45 heavy (non-hydrogen) atoms. The van der Waals surface area contributed by atoms with Gasteiger partial charge in [0.25, 0.3) is 5.56 Å². The molecule has 0 spiro atoms. The number of benzene rings is 2. The van der Waals surface area contributed by atoms with Crippen molar-refractivity contribution in [1.29, 1.82) is 0 Å². The summed E-state index contributed by atoms with van der Waals surface area (Å²) in [5.41, 5.74) is 2.53. The number of nitrogens with one attached hydrogen (secondary N) is 1. The number of guanidine groups is 1. The van der Waals surface area contributed by atoms with E-state index in [1.807, 2.05) is 18.2 Å². The molecule has 2 saturated heterocycles. The van der Waals surface area contributed by atoms with E-state index in [-0.39, 0.29) is 16.9 Å². The lowest BCUT2D eigenvalue weighted by Crippen LogP contribution is -2.60. The van der Waals surface area contributed by atoms with Crippen LogP contribution in [0.3, 0.4) is 0 Å². The van der Waals surface area contributed by atoms with E-state index in [1.165, 1.54) is 39.0 Å². The van der Waals surface area contributed by atoms with Gasteiger partial charge in [-0.25, -0.2) is 14.4 Å². The average molecular weight is 615 g/mol. The largest absolute Gasteiger partial charge is 0.497 e. The summed E-state index contributed by atoms with van der Waals surface area (Å²) in [5, 5.41) is 4.26. The van der Waals surface area contributed by atoms with Crippen molar-refractivity contribution in [3.63, 3.8) is 0 Å². The second kappa shape index (κ2) is 11.4. The van der Waals surface area contributed by atoms with Crippen LogP contribution < -0.4 is 15.6 Å². The number of halogens is 1. The Bertz CT molecular complexity index is 1690. The van der Waals surface area contributed by atoms with Crippen molar-refractivity contribution in [2.45, 2.75) is 77.9 Å². The van der Waals surface area contributed by atoms with Gasteiger partial charge < -0.3 is 15.0 Å². The highest BCUT2D eigenvalue weighted by Crippen LogP contribution is 2.61. The summed E-state index contributed by atoms with van der Waals surface area (Å²) >= 11 is 0. The first-order chi connectivity index (χ1) is 21.6. The first-order valence-electron chi connectivity index (χ1n) is 16.7. The maximum atomic E-state index is 14.5. The molecule has 240 valence electrons. The van der Waals surface area contributed by atoms with Gasteiger partial charge in [0, 0.05) is 43.5 Å². The van der Waals surface area contributed by atoms with Crippen molar-refractivity contribution in [3.8, 4) is 5.75 Å². The monoisotopic (exact) mass is 614 g/mol. The second-order valence-corrected chi connectivity index (χ2v) is 14.8. The fourth-order valence-electron chi connectivity index (χ4n) is 8.82. The molecule has 3 saturated carbocycles. The number of fused-ring (bicyclic) bond motifs is 4. The molecule has 1 N–H and O–H groups in total. The highest BCUT2D eigenvalue weighted by Gasteiger charge is 2.56. The molecule has 0 amide bonds. The van der Waals surface area contributed by atoms with Crippen LogP contribution in [-0.2, 0) is 13.0 Å². The first-order valence-corrected chi connectivity index (χ1v) is 16.7. The predicted molar refractivity (Wildman–Crippen MR) is 177 cm³/mol. The van der Waals surface area contributed by atoms with E-state index < -0.39 is 0 Å². The summed E-state index contributed by atoms with van der Waals surface area (Å²) in [6.45, 7) is 14.2. The van der Waals surface area contributed by atoms with Crippen LogP contribution in [-0.4, -0.2) is 70.2 Å². The van der Waals surface area contributed by atoms with Gasteiger partial charge in [-0.1, -0.05) is 26.8 Å². The summed E-state index contributed by atoms with van der Waals surface area (Å²) in [6, 6.07) is 10.9. The standard InChI is InChI=1S/C36H47FN6O2/c1-23-29-17-25(35(29,2)3)18-31(23)40-34(41-15-16-43-13-6-12-36(43,4)21-41)39-26-8-10-28-32(19-26)38-22-42(33(28)44)14-11-24-7-9-27(45-5)20-30(24)37/h7-10,19-20,22-23,25,29,31H,6,11-18,21H2,1-5H3,(H,39,40)/t23-,25-,29+,31-,36-/m0/s1. The molecule has 0 radical (unpaired) electrons. The van der Waals surface area contributed by atoms with Crippen LogP contribution in [0.15, 0.2) is 52.5 Å². The zero-order valence-electron chi connectivity index (χ0n) is 27.4. The lowest BCUT2D eigenvalue weighted by molar-refractivity contribution is -0.108. The highest BCUT2D eigenvalue weighted by atomic mass is 19.1. The fourth-order valence-corrected chi connectivity index (χ4v) is 8.82. The third-order valence-electron chi connectivity index (χ3n) is 11.9. The molecule has 5 fully saturated rings. The zero-order chi connectivity index (χ0) is 31.5. The van der Waals surface area contributed by atoms with Gasteiger partial charge in [0.2, 0.25) is 0 Å². The lowest BCUT2D eigenvalue weighted by Gasteiger charge is -2.61. The average Bonchev–Trinajstić information content (AvgIpc) is 3.42. The van der Waals surface area contributed by atoms with Crippen LogP contribution in [0.5, 0.6) is 5.75 Å². The Hall–Kier alpha value is -3.46. The maximum absolute atomic E-state index is 14.5. The van der Waals surface area contributed by atoms with Crippen LogP contribution >= 0.6 is 0 Å². The number of piperazine rings is 1. The molecule has 5 aliphatic rings. The molecule has 8 rings (SSSR count). The number of rotatable bonds is 6. The van der Waals surface area contributed by atoms with E-state index in [4.69, 9.17) is 9.73 Å². The number of ether oxygens (including phenoxy) is 1. The summed E-state index contributed by atoms with van der Waals surface area (Å²) in [6.07, 6.45) is 6.90. The van der Waals surface area contributed by atoms with Gasteiger partial charge in [-0.2, -0.15) is 0 Å². The number of methoxy groups -OCH3 is 1. The molecule has 2 aromatic carbocycles. The van der Waals surface area contributed by atoms with Crippen LogP contribution in [0.2, 0.25) is 0 Å². The Morgan fingerprint density at radius 3 is 2.73 bits per heavy atom. The van der Waals surface area contributed by atoms with E-state index in [9.17, 15) is 9.18 Å². The van der Waals surface area contributed by atoms with E-state index in [2.05, 4.69) is 47.8 Å². The first kappa shape index (κ1) is 30.2. The van der Waals surface area contributed by atoms with Crippen molar-refractivity contribution < 1.29 is 9.13 Å². The van der Waals surface area contributed by atoms with Crippen molar-refractivity contribution in [3.05, 3.63) is 64.5 Å². The summed E-state index contributed by atoms with van der Waals surface area (Å²) in [7, 11) is 1.51. The van der Waals surface area contributed by atoms with Gasteiger partial charge in [0.1, 0.15) is 11.6 Å². The van der Waals surface area contributed by atoms with Gasteiger partial charge in [0.15, 0.2) is 5.96 Å². The normalized spacial score (nSPS) is 29.4. The van der Waals surface area contributed by atoms with E-state index in [1.54, 1.807) is 23.0 Å². The molecule has 3 aromatic rings. The maximum Gasteiger partial charge on any atom is 0.261 e. The molecule has 3 aliphatic carbocycles. The minimum atomic E-state index is -0.337. The van der Waals surface area contributed by atoms with Crippen molar-refractivity contribution in [2.24, 2.45) is 28.2 Å². The summed E-state index contributed by atoms with van der Waals surface area (Å²) in [4.78, 5) is 28.7. The molecule has 3 heterocycles. The number of aryl methyl sites for hydroxylation is 2. The summed E-state index contributed by atoms with van der Waals surface area (Å²) < 4.78 is 21.1. The molecule has 8 nitrogen and oxygen atoms in total. The van der Waals surface area contributed by atoms with Gasteiger partial charge >= 0.3 is 0 Å². The topological polar surface area (TPSA) is 75.0 Å². The number of hydrogen-bond acceptors (Lipinski definition) is 5. The second-order valence-electron chi connectivity index (χ2n) is 14.8. The van der Waals surface area contributed by atoms with Gasteiger partial charge in [-0.3, -0.25) is 14.3 Å². The molecule has 5 atom stereocenters. The highest BCUT2D eigenvalue weighted by molar-refractivity contribution is 5.96. The quantitative estimate of drug-likeness (QED) is 0.280. The minimum Gasteiger partial charge on any atom is -0.497 e. The summed E-state index contributed by atoms with van der Waals surface area (Å²) in [5.74, 6) is 3.11. The number of aliphatic imine (C=N–C) groups is 1. The molecule has 1 aromatic heterocycles. The van der Waals surface area contributed by atoms with Gasteiger partial charge in [-0.15, -0.1) is 0 Å². The minimum absolute atomic E-state index is 0.127. The molecule has 2 bridgehead atoms. The fraction of sp³-hybridized carbons (Fsp3) is 0.583. The molecular formula is C36H47FN6O2. The van der Waals surface area contributed by atoms with Crippen LogP contribution in [0.1, 0.15) is 58.9 Å². The SMILES string of the molecule is COc1ccc(CCn2cnc3cc(NC(=N[C@H]4C[C@@H]5C[C@H]([C@@H]4C)C5(C)C)N4CCN5CCC[C@@]5(C)C4)ccc3c2=O)c(F)c1. The Balaban J connectivity index is 1.13. The van der Waals surface area contributed by atoms with Crippen LogP contribution in [0.4, 0.5) is 10.1 Å². The number of anilines is 1. The van der Waals surface area contributed by atoms with Crippen LogP contribution in [0.25, 0.3) is 10.9 Å². The van der Waals surface area contributed by atoms with Gasteiger partial charge in [-0.05, 0) is 98.6 Å². The van der Waals surface area contributed by atoms with E-state index in [0.717, 1.165) is 49.5 Å². The zero-order valence-corrected chi connectivity index (χ0v) is 27.4. The number of aromatic nitrogens is 2. The Labute approximate surface area is 265 Å². The Kier molecular flexibility index (Phi) is 7.66. The predicted octanol–water partition coefficient (Wildman–Crippen LogP) is 5.80. The number of nitrogens with zero attached hydrogens (tertiary/aromatic N) is 5. The molecule has 2 aliphatic heterocycles.